The largest absolute Gasteiger partial charge is 0.493 e. The number of rotatable bonds is 5. The van der Waals surface area contributed by atoms with Crippen molar-refractivity contribution < 1.29 is 9.47 Å². The number of benzene rings is 1. The number of halogens is 1. The first-order valence-electron chi connectivity index (χ1n) is 9.51. The monoisotopic (exact) mass is 444 g/mol. The summed E-state index contributed by atoms with van der Waals surface area (Å²) in [6.45, 7) is 5.07. The van der Waals surface area contributed by atoms with E-state index in [2.05, 4.69) is 36.7 Å². The van der Waals surface area contributed by atoms with Gasteiger partial charge in [-0.15, -0.1) is 0 Å². The maximum Gasteiger partial charge on any atom is 0.161 e. The second kappa shape index (κ2) is 8.51. The molecule has 0 amide bonds. The Balaban J connectivity index is 1.81. The molecule has 3 heterocycles. The Hall–Kier alpha value is -2.09. The molecule has 7 heteroatoms. The second-order valence-corrected chi connectivity index (χ2v) is 7.85. The molecule has 0 saturated carbocycles. The van der Waals surface area contributed by atoms with Crippen LogP contribution in [0.15, 0.2) is 41.0 Å². The summed E-state index contributed by atoms with van der Waals surface area (Å²) >= 11 is 3.60. The molecule has 28 heavy (non-hydrogen) atoms. The summed E-state index contributed by atoms with van der Waals surface area (Å²) in [6.07, 6.45) is 3.25. The Labute approximate surface area is 173 Å². The Morgan fingerprint density at radius 2 is 1.93 bits per heavy atom. The number of methoxy groups -OCH3 is 2. The van der Waals surface area contributed by atoms with E-state index in [0.29, 0.717) is 5.75 Å². The minimum atomic E-state index is 0.711. The molecule has 1 fully saturated rings. The standard InChI is InChI=1S/C21H25BrN4O2/c1-27-18-6-4-15(12-19(18)28-2)21-17(14-25-10-3-8-23-9-11-25)26-13-16(22)5-7-20(26)24-21/h4-7,12-13,23H,3,8-11,14H2,1-2H3. The fourth-order valence-corrected chi connectivity index (χ4v) is 4.04. The molecule has 148 valence electrons. The highest BCUT2D eigenvalue weighted by Gasteiger charge is 2.19. The van der Waals surface area contributed by atoms with E-state index in [0.717, 1.165) is 66.3 Å². The zero-order chi connectivity index (χ0) is 19.5. The highest BCUT2D eigenvalue weighted by Crippen LogP contribution is 2.34. The van der Waals surface area contributed by atoms with Gasteiger partial charge in [0.05, 0.1) is 25.6 Å². The van der Waals surface area contributed by atoms with Crippen molar-refractivity contribution in [3.05, 3.63) is 46.7 Å². The van der Waals surface area contributed by atoms with E-state index >= 15 is 0 Å². The van der Waals surface area contributed by atoms with Gasteiger partial charge in [0, 0.05) is 35.9 Å². The van der Waals surface area contributed by atoms with Crippen LogP contribution >= 0.6 is 15.9 Å². The van der Waals surface area contributed by atoms with Gasteiger partial charge in [-0.2, -0.15) is 0 Å². The second-order valence-electron chi connectivity index (χ2n) is 6.93. The summed E-state index contributed by atoms with van der Waals surface area (Å²) in [7, 11) is 3.31. The Bertz CT molecular complexity index is 964. The van der Waals surface area contributed by atoms with Crippen LogP contribution in [0.25, 0.3) is 16.9 Å². The van der Waals surface area contributed by atoms with Gasteiger partial charge in [0.25, 0.3) is 0 Å². The maximum atomic E-state index is 5.51. The highest BCUT2D eigenvalue weighted by atomic mass is 79.9. The third-order valence-electron chi connectivity index (χ3n) is 5.14. The van der Waals surface area contributed by atoms with Crippen molar-refractivity contribution >= 4 is 21.6 Å². The van der Waals surface area contributed by atoms with Gasteiger partial charge in [-0.05, 0) is 65.8 Å². The van der Waals surface area contributed by atoms with E-state index in [1.807, 2.05) is 30.3 Å². The molecule has 6 nitrogen and oxygen atoms in total. The lowest BCUT2D eigenvalue weighted by Crippen LogP contribution is -2.28. The average molecular weight is 445 g/mol. The van der Waals surface area contributed by atoms with Crippen molar-refractivity contribution in [1.29, 1.82) is 0 Å². The van der Waals surface area contributed by atoms with Crippen molar-refractivity contribution in [2.45, 2.75) is 13.0 Å². The molecule has 2 aromatic heterocycles. The van der Waals surface area contributed by atoms with Gasteiger partial charge in [-0.3, -0.25) is 4.90 Å². The van der Waals surface area contributed by atoms with E-state index in [-0.39, 0.29) is 0 Å². The van der Waals surface area contributed by atoms with Crippen LogP contribution < -0.4 is 14.8 Å². The lowest BCUT2D eigenvalue weighted by atomic mass is 10.1. The smallest absolute Gasteiger partial charge is 0.161 e. The molecule has 3 aromatic rings. The number of hydrogen-bond donors (Lipinski definition) is 1. The van der Waals surface area contributed by atoms with Gasteiger partial charge in [0.2, 0.25) is 0 Å². The number of imidazole rings is 1. The van der Waals surface area contributed by atoms with Gasteiger partial charge in [-0.1, -0.05) is 0 Å². The van der Waals surface area contributed by atoms with Gasteiger partial charge >= 0.3 is 0 Å². The fraction of sp³-hybridized carbons (Fsp3) is 0.381. The summed E-state index contributed by atoms with van der Waals surface area (Å²) in [6, 6.07) is 10.1. The molecule has 1 aliphatic rings. The highest BCUT2D eigenvalue weighted by molar-refractivity contribution is 9.10. The van der Waals surface area contributed by atoms with Gasteiger partial charge in [0.1, 0.15) is 5.65 Å². The van der Waals surface area contributed by atoms with Crippen molar-refractivity contribution in [3.63, 3.8) is 0 Å². The summed E-state index contributed by atoms with van der Waals surface area (Å²) in [5.41, 5.74) is 4.14. The molecule has 0 radical (unpaired) electrons. The topological polar surface area (TPSA) is 51.0 Å². The molecule has 4 rings (SSSR count). The molecule has 0 bridgehead atoms. The first-order chi connectivity index (χ1) is 13.7. The molecule has 1 aliphatic heterocycles. The van der Waals surface area contributed by atoms with Crippen molar-refractivity contribution in [1.82, 2.24) is 19.6 Å². The Morgan fingerprint density at radius 1 is 1.07 bits per heavy atom. The third-order valence-corrected chi connectivity index (χ3v) is 5.61. The van der Waals surface area contributed by atoms with Crippen LogP contribution in [0.4, 0.5) is 0 Å². The minimum Gasteiger partial charge on any atom is -0.493 e. The van der Waals surface area contributed by atoms with Crippen LogP contribution in [-0.2, 0) is 6.54 Å². The molecule has 1 N–H and O–H groups in total. The minimum absolute atomic E-state index is 0.711. The van der Waals surface area contributed by atoms with E-state index < -0.39 is 0 Å². The number of fused-ring (bicyclic) bond motifs is 1. The SMILES string of the molecule is COc1ccc(-c2nc3ccc(Br)cn3c2CN2CCCNCC2)cc1OC. The lowest BCUT2D eigenvalue weighted by Gasteiger charge is -2.20. The lowest BCUT2D eigenvalue weighted by molar-refractivity contribution is 0.280. The maximum absolute atomic E-state index is 5.51. The number of nitrogens with zero attached hydrogens (tertiary/aromatic N) is 3. The van der Waals surface area contributed by atoms with Gasteiger partial charge in [0.15, 0.2) is 11.5 Å². The summed E-state index contributed by atoms with van der Waals surface area (Å²) in [5.74, 6) is 1.43. The predicted molar refractivity (Wildman–Crippen MR) is 114 cm³/mol. The van der Waals surface area contributed by atoms with Crippen LogP contribution in [0.3, 0.4) is 0 Å². The molecule has 1 aromatic carbocycles. The first kappa shape index (κ1) is 19.2. The van der Waals surface area contributed by atoms with Crippen molar-refractivity contribution in [3.8, 4) is 22.8 Å². The molecule has 0 spiro atoms. The summed E-state index contributed by atoms with van der Waals surface area (Å²) in [4.78, 5) is 7.44. The normalized spacial score (nSPS) is 15.5. The van der Waals surface area contributed by atoms with Gasteiger partial charge in [-0.25, -0.2) is 4.98 Å². The van der Waals surface area contributed by atoms with Crippen molar-refractivity contribution in [2.24, 2.45) is 0 Å². The molecule has 1 saturated heterocycles. The average Bonchev–Trinajstić information content (AvgIpc) is 2.88. The molecule has 0 atom stereocenters. The van der Waals surface area contributed by atoms with Crippen LogP contribution in [0, 0.1) is 0 Å². The Kier molecular flexibility index (Phi) is 5.85. The van der Waals surface area contributed by atoms with E-state index in [9.17, 15) is 0 Å². The quantitative estimate of drug-likeness (QED) is 0.651. The number of nitrogens with one attached hydrogen (secondary N) is 1. The molecule has 0 unspecified atom stereocenters. The zero-order valence-electron chi connectivity index (χ0n) is 16.2. The number of pyridine rings is 1. The van der Waals surface area contributed by atoms with Gasteiger partial charge < -0.3 is 19.2 Å². The first-order valence-corrected chi connectivity index (χ1v) is 10.3. The van der Waals surface area contributed by atoms with Crippen LogP contribution in [0.5, 0.6) is 11.5 Å². The van der Waals surface area contributed by atoms with E-state index in [4.69, 9.17) is 14.5 Å². The fourth-order valence-electron chi connectivity index (χ4n) is 3.70. The van der Waals surface area contributed by atoms with Crippen LogP contribution in [-0.4, -0.2) is 54.7 Å². The molecule has 0 aliphatic carbocycles. The van der Waals surface area contributed by atoms with E-state index in [1.54, 1.807) is 14.2 Å². The number of aromatic nitrogens is 2. The summed E-state index contributed by atoms with van der Waals surface area (Å²) in [5, 5.41) is 3.48. The third kappa shape index (κ3) is 3.87. The summed E-state index contributed by atoms with van der Waals surface area (Å²) < 4.78 is 14.1. The molecular formula is C21H25BrN4O2. The van der Waals surface area contributed by atoms with Crippen LogP contribution in [0.1, 0.15) is 12.1 Å². The molecular weight excluding hydrogens is 420 g/mol. The zero-order valence-corrected chi connectivity index (χ0v) is 17.8. The predicted octanol–water partition coefficient (Wildman–Crippen LogP) is 3.58. The number of hydrogen-bond acceptors (Lipinski definition) is 5. The van der Waals surface area contributed by atoms with Crippen LogP contribution in [0.2, 0.25) is 0 Å². The number of ether oxygens (including phenoxy) is 2. The Morgan fingerprint density at radius 3 is 2.75 bits per heavy atom. The van der Waals surface area contributed by atoms with Crippen molar-refractivity contribution in [2.75, 3.05) is 40.4 Å². The van der Waals surface area contributed by atoms with E-state index in [1.165, 1.54) is 5.69 Å².